The minimum atomic E-state index is -0.392. The molecule has 0 aromatic carbocycles. The number of ether oxygens (including phenoxy) is 1. The number of methoxy groups -OCH3 is 1. The third kappa shape index (κ3) is 2.41. The molecule has 1 aliphatic rings. The van der Waals surface area contributed by atoms with Gasteiger partial charge in [0.25, 0.3) is 0 Å². The predicted octanol–water partition coefficient (Wildman–Crippen LogP) is 1.38. The quantitative estimate of drug-likeness (QED) is 0.837. The summed E-state index contributed by atoms with van der Waals surface area (Å²) < 4.78 is 10.2. The Bertz CT molecular complexity index is 332. The topological polar surface area (TPSA) is 74.2 Å². The summed E-state index contributed by atoms with van der Waals surface area (Å²) in [7, 11) is 1.66. The minimum Gasteiger partial charge on any atom is -0.384 e. The van der Waals surface area contributed by atoms with Crippen LogP contribution < -0.4 is 5.73 Å². The van der Waals surface area contributed by atoms with Crippen LogP contribution in [0, 0.1) is 0 Å². The van der Waals surface area contributed by atoms with Crippen molar-refractivity contribution in [2.75, 3.05) is 13.7 Å². The largest absolute Gasteiger partial charge is 0.384 e. The molecule has 1 aliphatic carbocycles. The molecule has 0 spiro atoms. The third-order valence-electron chi connectivity index (χ3n) is 3.17. The van der Waals surface area contributed by atoms with Crippen LogP contribution in [0.15, 0.2) is 4.52 Å². The van der Waals surface area contributed by atoms with Crippen LogP contribution >= 0.6 is 0 Å². The van der Waals surface area contributed by atoms with E-state index in [4.69, 9.17) is 15.0 Å². The van der Waals surface area contributed by atoms with Crippen LogP contribution in [0.25, 0.3) is 0 Å². The average Bonchev–Trinajstić information content (AvgIpc) is 2.77. The average molecular weight is 225 g/mol. The molecular weight excluding hydrogens is 206 g/mol. The number of hydrogen-bond acceptors (Lipinski definition) is 5. The summed E-state index contributed by atoms with van der Waals surface area (Å²) >= 11 is 0. The van der Waals surface area contributed by atoms with Gasteiger partial charge in [0.05, 0.1) is 12.1 Å². The molecule has 1 aromatic rings. The number of aromatic nitrogens is 2. The first kappa shape index (κ1) is 11.5. The van der Waals surface area contributed by atoms with E-state index in [1.807, 2.05) is 0 Å². The van der Waals surface area contributed by atoms with Crippen LogP contribution in [0.1, 0.15) is 43.8 Å². The van der Waals surface area contributed by atoms with Crippen LogP contribution in [-0.2, 0) is 16.7 Å². The standard InChI is InChI=1S/C11H19N3O2/c1-15-8-5-9-13-10(16-14-9)11(12)6-3-2-4-7-11/h2-8,12H2,1H3. The van der Waals surface area contributed by atoms with Gasteiger partial charge in [0.1, 0.15) is 0 Å². The van der Waals surface area contributed by atoms with E-state index < -0.39 is 5.54 Å². The van der Waals surface area contributed by atoms with Crippen molar-refractivity contribution in [3.05, 3.63) is 11.7 Å². The van der Waals surface area contributed by atoms with Gasteiger partial charge >= 0.3 is 0 Å². The molecule has 0 aliphatic heterocycles. The monoisotopic (exact) mass is 225 g/mol. The van der Waals surface area contributed by atoms with Gasteiger partial charge in [-0.25, -0.2) is 0 Å². The second-order valence-corrected chi connectivity index (χ2v) is 4.48. The molecule has 90 valence electrons. The molecule has 1 aromatic heterocycles. The highest BCUT2D eigenvalue weighted by molar-refractivity contribution is 5.03. The SMILES string of the molecule is COCCc1noc(C2(N)CCCCC2)n1. The second-order valence-electron chi connectivity index (χ2n) is 4.48. The molecule has 1 saturated carbocycles. The molecule has 2 rings (SSSR count). The Morgan fingerprint density at radius 1 is 1.38 bits per heavy atom. The summed E-state index contributed by atoms with van der Waals surface area (Å²) in [4.78, 5) is 4.36. The lowest BCUT2D eigenvalue weighted by molar-refractivity contribution is 0.199. The molecule has 0 unspecified atom stereocenters. The highest BCUT2D eigenvalue weighted by Crippen LogP contribution is 2.33. The lowest BCUT2D eigenvalue weighted by Crippen LogP contribution is -2.39. The van der Waals surface area contributed by atoms with Gasteiger partial charge in [0, 0.05) is 13.5 Å². The van der Waals surface area contributed by atoms with Gasteiger partial charge in [-0.15, -0.1) is 0 Å². The van der Waals surface area contributed by atoms with Gasteiger partial charge in [-0.2, -0.15) is 4.98 Å². The molecule has 5 nitrogen and oxygen atoms in total. The number of nitrogens with zero attached hydrogens (tertiary/aromatic N) is 2. The summed E-state index contributed by atoms with van der Waals surface area (Å²) in [5.74, 6) is 1.28. The van der Waals surface area contributed by atoms with Crippen LogP contribution in [0.5, 0.6) is 0 Å². The molecule has 1 heterocycles. The Labute approximate surface area is 95.3 Å². The highest BCUT2D eigenvalue weighted by atomic mass is 16.5. The third-order valence-corrected chi connectivity index (χ3v) is 3.17. The van der Waals surface area contributed by atoms with E-state index in [1.165, 1.54) is 6.42 Å². The van der Waals surface area contributed by atoms with E-state index in [-0.39, 0.29) is 0 Å². The molecule has 0 saturated heterocycles. The van der Waals surface area contributed by atoms with Crippen molar-refractivity contribution in [1.29, 1.82) is 0 Å². The molecule has 2 N–H and O–H groups in total. The second kappa shape index (κ2) is 4.93. The Morgan fingerprint density at radius 3 is 2.81 bits per heavy atom. The maximum Gasteiger partial charge on any atom is 0.246 e. The number of nitrogens with two attached hydrogens (primary N) is 1. The lowest BCUT2D eigenvalue weighted by atomic mass is 9.82. The smallest absolute Gasteiger partial charge is 0.246 e. The molecular formula is C11H19N3O2. The molecule has 5 heteroatoms. The van der Waals surface area contributed by atoms with Crippen LogP contribution in [-0.4, -0.2) is 23.9 Å². The fourth-order valence-electron chi connectivity index (χ4n) is 2.15. The molecule has 1 fully saturated rings. The van der Waals surface area contributed by atoms with E-state index in [2.05, 4.69) is 10.1 Å². The van der Waals surface area contributed by atoms with Crippen molar-refractivity contribution in [2.24, 2.45) is 5.73 Å². The Morgan fingerprint density at radius 2 is 2.12 bits per heavy atom. The first-order valence-corrected chi connectivity index (χ1v) is 5.85. The van der Waals surface area contributed by atoms with Crippen molar-refractivity contribution >= 4 is 0 Å². The molecule has 0 amide bonds. The van der Waals surface area contributed by atoms with Crippen molar-refractivity contribution in [3.63, 3.8) is 0 Å². The molecule has 0 bridgehead atoms. The number of rotatable bonds is 4. The lowest BCUT2D eigenvalue weighted by Gasteiger charge is -2.29. The molecule has 16 heavy (non-hydrogen) atoms. The highest BCUT2D eigenvalue weighted by Gasteiger charge is 2.34. The van der Waals surface area contributed by atoms with Crippen molar-refractivity contribution < 1.29 is 9.26 Å². The Kier molecular flexibility index (Phi) is 3.56. The zero-order chi connectivity index (χ0) is 11.4. The van der Waals surface area contributed by atoms with Crippen molar-refractivity contribution in [3.8, 4) is 0 Å². The van der Waals surface area contributed by atoms with Gasteiger partial charge in [0.2, 0.25) is 5.89 Å². The van der Waals surface area contributed by atoms with Gasteiger partial charge in [-0.05, 0) is 12.8 Å². The van der Waals surface area contributed by atoms with Crippen LogP contribution in [0.3, 0.4) is 0 Å². The zero-order valence-electron chi connectivity index (χ0n) is 9.74. The first-order chi connectivity index (χ1) is 7.74. The van der Waals surface area contributed by atoms with E-state index in [0.717, 1.165) is 25.7 Å². The zero-order valence-corrected chi connectivity index (χ0v) is 9.74. The number of hydrogen-bond donors (Lipinski definition) is 1. The minimum absolute atomic E-state index is 0.392. The Balaban J connectivity index is 2.05. The van der Waals surface area contributed by atoms with Crippen molar-refractivity contribution in [1.82, 2.24) is 10.1 Å². The fraction of sp³-hybridized carbons (Fsp3) is 0.818. The normalized spacial score (nSPS) is 19.9. The van der Waals surface area contributed by atoms with Crippen molar-refractivity contribution in [2.45, 2.75) is 44.1 Å². The van der Waals surface area contributed by atoms with E-state index in [9.17, 15) is 0 Å². The van der Waals surface area contributed by atoms with Gasteiger partial charge in [-0.1, -0.05) is 24.4 Å². The van der Waals surface area contributed by atoms with Gasteiger partial charge in [-0.3, -0.25) is 0 Å². The fourth-order valence-corrected chi connectivity index (χ4v) is 2.15. The van der Waals surface area contributed by atoms with Crippen LogP contribution in [0.2, 0.25) is 0 Å². The maximum atomic E-state index is 6.29. The summed E-state index contributed by atoms with van der Waals surface area (Å²) in [6, 6.07) is 0. The van der Waals surface area contributed by atoms with E-state index in [1.54, 1.807) is 7.11 Å². The summed E-state index contributed by atoms with van der Waals surface area (Å²) in [5.41, 5.74) is 5.90. The van der Waals surface area contributed by atoms with Gasteiger partial charge < -0.3 is 15.0 Å². The maximum absolute atomic E-state index is 6.29. The first-order valence-electron chi connectivity index (χ1n) is 5.85. The Hall–Kier alpha value is -0.940. The summed E-state index contributed by atoms with van der Waals surface area (Å²) in [6.45, 7) is 0.608. The van der Waals surface area contributed by atoms with E-state index in [0.29, 0.717) is 24.7 Å². The van der Waals surface area contributed by atoms with E-state index >= 15 is 0 Å². The molecule has 0 radical (unpaired) electrons. The van der Waals surface area contributed by atoms with Crippen LogP contribution in [0.4, 0.5) is 0 Å². The molecule has 0 atom stereocenters. The van der Waals surface area contributed by atoms with Gasteiger partial charge in [0.15, 0.2) is 5.82 Å². The summed E-state index contributed by atoms with van der Waals surface area (Å²) in [5, 5.41) is 3.93. The summed E-state index contributed by atoms with van der Waals surface area (Å²) in [6.07, 6.45) is 6.11. The predicted molar refractivity (Wildman–Crippen MR) is 58.8 cm³/mol.